The van der Waals surface area contributed by atoms with Crippen LogP contribution in [0.5, 0.6) is 0 Å². The van der Waals surface area contributed by atoms with Crippen LogP contribution in [0.15, 0.2) is 6.33 Å². The van der Waals surface area contributed by atoms with Gasteiger partial charge in [0.1, 0.15) is 12.2 Å². The van der Waals surface area contributed by atoms with Crippen LogP contribution in [0, 0.1) is 0 Å². The average molecular weight is 225 g/mol. The number of nitrogens with zero attached hydrogens (tertiary/aromatic N) is 3. The second-order valence-electron chi connectivity index (χ2n) is 4.34. The SMILES string of the molecule is CC1CCC(C(Cc2ncnn2C)NN)O1. The maximum atomic E-state index is 5.80. The molecule has 0 aromatic carbocycles. The summed E-state index contributed by atoms with van der Waals surface area (Å²) in [4.78, 5) is 4.19. The van der Waals surface area contributed by atoms with E-state index in [9.17, 15) is 0 Å². The molecule has 1 saturated heterocycles. The summed E-state index contributed by atoms with van der Waals surface area (Å²) in [5.41, 5.74) is 2.82. The molecule has 1 aliphatic heterocycles. The first-order chi connectivity index (χ1) is 7.70. The molecule has 2 rings (SSSR count). The summed E-state index contributed by atoms with van der Waals surface area (Å²) in [5, 5.41) is 4.04. The molecular weight excluding hydrogens is 206 g/mol. The molecule has 1 fully saturated rings. The van der Waals surface area contributed by atoms with Crippen LogP contribution in [-0.4, -0.2) is 33.0 Å². The van der Waals surface area contributed by atoms with Gasteiger partial charge in [0.15, 0.2) is 0 Å². The number of aryl methyl sites for hydroxylation is 1. The van der Waals surface area contributed by atoms with E-state index in [2.05, 4.69) is 22.4 Å². The predicted octanol–water partition coefficient (Wildman–Crippen LogP) is -0.243. The molecule has 1 aliphatic rings. The van der Waals surface area contributed by atoms with E-state index in [1.165, 1.54) is 0 Å². The number of nitrogens with one attached hydrogen (secondary N) is 1. The Balaban J connectivity index is 1.98. The Kier molecular flexibility index (Phi) is 3.52. The highest BCUT2D eigenvalue weighted by molar-refractivity contribution is 4.93. The molecule has 1 aromatic heterocycles. The lowest BCUT2D eigenvalue weighted by molar-refractivity contribution is 0.0314. The lowest BCUT2D eigenvalue weighted by atomic mass is 10.0. The van der Waals surface area contributed by atoms with Crippen molar-refractivity contribution < 1.29 is 4.74 Å². The van der Waals surface area contributed by atoms with Crippen molar-refractivity contribution in [1.82, 2.24) is 20.2 Å². The van der Waals surface area contributed by atoms with Gasteiger partial charge in [-0.1, -0.05) is 0 Å². The molecule has 3 N–H and O–H groups in total. The summed E-state index contributed by atoms with van der Waals surface area (Å²) < 4.78 is 7.57. The van der Waals surface area contributed by atoms with E-state index in [0.29, 0.717) is 6.10 Å². The lowest BCUT2D eigenvalue weighted by Gasteiger charge is -2.22. The molecule has 90 valence electrons. The topological polar surface area (TPSA) is 78.0 Å². The van der Waals surface area contributed by atoms with Gasteiger partial charge < -0.3 is 4.74 Å². The van der Waals surface area contributed by atoms with Gasteiger partial charge >= 0.3 is 0 Å². The molecule has 1 aromatic rings. The van der Waals surface area contributed by atoms with Crippen molar-refractivity contribution in [3.8, 4) is 0 Å². The van der Waals surface area contributed by atoms with Gasteiger partial charge in [0.05, 0.1) is 18.2 Å². The molecular formula is C10H19N5O. The molecule has 0 radical (unpaired) electrons. The number of hydrogen-bond acceptors (Lipinski definition) is 5. The van der Waals surface area contributed by atoms with Gasteiger partial charge in [-0.2, -0.15) is 5.10 Å². The molecule has 0 aliphatic carbocycles. The molecule has 0 bridgehead atoms. The maximum absolute atomic E-state index is 5.80. The second-order valence-corrected chi connectivity index (χ2v) is 4.34. The highest BCUT2D eigenvalue weighted by atomic mass is 16.5. The quantitative estimate of drug-likeness (QED) is 0.546. The van der Waals surface area contributed by atoms with Crippen LogP contribution in [0.2, 0.25) is 0 Å². The fraction of sp³-hybridized carbons (Fsp3) is 0.800. The summed E-state index contributed by atoms with van der Waals surface area (Å²) in [6, 6.07) is 0.104. The highest BCUT2D eigenvalue weighted by Gasteiger charge is 2.29. The van der Waals surface area contributed by atoms with E-state index < -0.39 is 0 Å². The molecule has 3 unspecified atom stereocenters. The van der Waals surface area contributed by atoms with E-state index in [0.717, 1.165) is 25.1 Å². The Labute approximate surface area is 95.1 Å². The van der Waals surface area contributed by atoms with E-state index >= 15 is 0 Å². The lowest BCUT2D eigenvalue weighted by Crippen LogP contribution is -2.45. The summed E-state index contributed by atoms with van der Waals surface area (Å²) in [6.45, 7) is 2.09. The minimum atomic E-state index is 0.104. The molecule has 6 heteroatoms. The van der Waals surface area contributed by atoms with Crippen molar-refractivity contribution in [2.75, 3.05) is 0 Å². The first-order valence-corrected chi connectivity index (χ1v) is 5.65. The fourth-order valence-electron chi connectivity index (χ4n) is 2.13. The zero-order chi connectivity index (χ0) is 11.5. The molecule has 0 saturated carbocycles. The van der Waals surface area contributed by atoms with Crippen LogP contribution < -0.4 is 11.3 Å². The van der Waals surface area contributed by atoms with Crippen molar-refractivity contribution in [2.24, 2.45) is 12.9 Å². The van der Waals surface area contributed by atoms with Gasteiger partial charge in [0.2, 0.25) is 0 Å². The number of rotatable bonds is 4. The molecule has 2 heterocycles. The van der Waals surface area contributed by atoms with Crippen LogP contribution in [-0.2, 0) is 18.2 Å². The average Bonchev–Trinajstić information content (AvgIpc) is 2.85. The van der Waals surface area contributed by atoms with Crippen molar-refractivity contribution in [3.05, 3.63) is 12.2 Å². The zero-order valence-corrected chi connectivity index (χ0v) is 9.76. The summed E-state index contributed by atoms with van der Waals surface area (Å²) in [5.74, 6) is 6.50. The number of nitrogens with two attached hydrogens (primary N) is 1. The largest absolute Gasteiger partial charge is 0.374 e. The maximum Gasteiger partial charge on any atom is 0.138 e. The summed E-state index contributed by atoms with van der Waals surface area (Å²) in [6.07, 6.45) is 4.96. The predicted molar refractivity (Wildman–Crippen MR) is 59.4 cm³/mol. The smallest absolute Gasteiger partial charge is 0.138 e. The second kappa shape index (κ2) is 4.90. The van der Waals surface area contributed by atoms with Crippen LogP contribution >= 0.6 is 0 Å². The van der Waals surface area contributed by atoms with Crippen molar-refractivity contribution in [3.63, 3.8) is 0 Å². The first-order valence-electron chi connectivity index (χ1n) is 5.65. The minimum absolute atomic E-state index is 0.104. The molecule has 0 amide bonds. The number of ether oxygens (including phenoxy) is 1. The van der Waals surface area contributed by atoms with Crippen LogP contribution in [0.3, 0.4) is 0 Å². The highest BCUT2D eigenvalue weighted by Crippen LogP contribution is 2.22. The Hall–Kier alpha value is -0.980. The number of aromatic nitrogens is 3. The van der Waals surface area contributed by atoms with Gasteiger partial charge in [-0.05, 0) is 19.8 Å². The third kappa shape index (κ3) is 2.40. The molecule has 3 atom stereocenters. The van der Waals surface area contributed by atoms with E-state index in [1.807, 2.05) is 7.05 Å². The number of hydrazine groups is 1. The van der Waals surface area contributed by atoms with Crippen molar-refractivity contribution in [1.29, 1.82) is 0 Å². The monoisotopic (exact) mass is 225 g/mol. The van der Waals surface area contributed by atoms with Crippen LogP contribution in [0.1, 0.15) is 25.6 Å². The Morgan fingerprint density at radius 3 is 3.00 bits per heavy atom. The van der Waals surface area contributed by atoms with Crippen LogP contribution in [0.4, 0.5) is 0 Å². The van der Waals surface area contributed by atoms with Crippen molar-refractivity contribution in [2.45, 2.75) is 44.4 Å². The molecule has 16 heavy (non-hydrogen) atoms. The molecule has 0 spiro atoms. The Morgan fingerprint density at radius 1 is 1.69 bits per heavy atom. The first kappa shape index (κ1) is 11.5. The molecule has 6 nitrogen and oxygen atoms in total. The van der Waals surface area contributed by atoms with Gasteiger partial charge in [-0.15, -0.1) is 0 Å². The van der Waals surface area contributed by atoms with Gasteiger partial charge in [0, 0.05) is 13.5 Å². The normalized spacial score (nSPS) is 27.2. The van der Waals surface area contributed by atoms with Gasteiger partial charge in [-0.25, -0.2) is 4.98 Å². The standard InChI is InChI=1S/C10H19N5O/c1-7-3-4-9(16-7)8(14-11)5-10-12-6-13-15(10)2/h6-9,14H,3-5,11H2,1-2H3. The Bertz CT molecular complexity index is 340. The van der Waals surface area contributed by atoms with Crippen molar-refractivity contribution >= 4 is 0 Å². The Morgan fingerprint density at radius 2 is 2.50 bits per heavy atom. The number of hydrogen-bond donors (Lipinski definition) is 2. The third-order valence-electron chi connectivity index (χ3n) is 3.14. The fourth-order valence-corrected chi connectivity index (χ4v) is 2.13. The van der Waals surface area contributed by atoms with E-state index in [1.54, 1.807) is 11.0 Å². The minimum Gasteiger partial charge on any atom is -0.374 e. The summed E-state index contributed by atoms with van der Waals surface area (Å²) in [7, 11) is 1.88. The van der Waals surface area contributed by atoms with E-state index in [-0.39, 0.29) is 12.1 Å². The third-order valence-corrected chi connectivity index (χ3v) is 3.14. The zero-order valence-electron chi connectivity index (χ0n) is 9.76. The summed E-state index contributed by atoms with van der Waals surface area (Å²) >= 11 is 0. The van der Waals surface area contributed by atoms with E-state index in [4.69, 9.17) is 10.6 Å². The van der Waals surface area contributed by atoms with Gasteiger partial charge in [-0.3, -0.25) is 16.0 Å². The van der Waals surface area contributed by atoms with Crippen LogP contribution in [0.25, 0.3) is 0 Å². The van der Waals surface area contributed by atoms with Gasteiger partial charge in [0.25, 0.3) is 0 Å².